The van der Waals surface area contributed by atoms with Crippen LogP contribution in [-0.4, -0.2) is 35.2 Å². The van der Waals surface area contributed by atoms with E-state index in [1.165, 1.54) is 4.90 Å². The van der Waals surface area contributed by atoms with Crippen molar-refractivity contribution in [2.75, 3.05) is 19.4 Å². The second-order valence-corrected chi connectivity index (χ2v) is 3.46. The van der Waals surface area contributed by atoms with Gasteiger partial charge >= 0.3 is 6.03 Å². The molecule has 1 heterocycles. The Labute approximate surface area is 87.1 Å². The maximum atomic E-state index is 11.5. The highest BCUT2D eigenvalue weighted by Gasteiger charge is 2.07. The van der Waals surface area contributed by atoms with Gasteiger partial charge < -0.3 is 10.2 Å². The average molecular weight is 204 g/mol. The normalized spacial score (nSPS) is 10.3. The summed E-state index contributed by atoms with van der Waals surface area (Å²) in [7, 11) is 3.39. The number of urea groups is 1. The van der Waals surface area contributed by atoms with Gasteiger partial charge in [-0.3, -0.25) is 5.10 Å². The van der Waals surface area contributed by atoms with Crippen LogP contribution in [0.3, 0.4) is 0 Å². The lowest BCUT2D eigenvalue weighted by atomic mass is 10.2. The molecule has 0 aliphatic heterocycles. The Morgan fingerprint density at radius 2 is 2.27 bits per heavy atom. The number of carbonyl (C=O) groups is 1. The van der Waals surface area contributed by atoms with Gasteiger partial charge in [0.25, 0.3) is 0 Å². The lowest BCUT2D eigenvalue weighted by Crippen LogP contribution is -2.27. The largest absolute Gasteiger partial charge is 0.331 e. The monoisotopic (exact) mass is 204 g/mol. The van der Waals surface area contributed by atoms with E-state index in [1.54, 1.807) is 20.3 Å². The zero-order chi connectivity index (χ0) is 10.8. The number of amides is 2. The molecule has 5 nitrogen and oxygen atoms in total. The third kappa shape index (κ3) is 1.76. The first-order chi connectivity index (χ1) is 7.18. The highest BCUT2D eigenvalue weighted by atomic mass is 16.2. The molecule has 0 radical (unpaired) electrons. The smallest absolute Gasteiger partial charge is 0.321 e. The zero-order valence-electron chi connectivity index (χ0n) is 8.61. The van der Waals surface area contributed by atoms with Crippen molar-refractivity contribution in [2.24, 2.45) is 0 Å². The molecular weight excluding hydrogens is 192 g/mol. The third-order valence-electron chi connectivity index (χ3n) is 2.12. The molecule has 2 amide bonds. The lowest BCUT2D eigenvalue weighted by molar-refractivity contribution is 0.231. The van der Waals surface area contributed by atoms with Crippen molar-refractivity contribution in [2.45, 2.75) is 0 Å². The van der Waals surface area contributed by atoms with Crippen LogP contribution in [0.15, 0.2) is 24.4 Å². The number of hydrogen-bond donors (Lipinski definition) is 2. The minimum atomic E-state index is -0.155. The van der Waals surface area contributed by atoms with E-state index in [1.807, 2.05) is 18.2 Å². The van der Waals surface area contributed by atoms with E-state index in [9.17, 15) is 4.79 Å². The fourth-order valence-electron chi connectivity index (χ4n) is 1.30. The Bertz CT molecular complexity index is 489. The summed E-state index contributed by atoms with van der Waals surface area (Å²) >= 11 is 0. The van der Waals surface area contributed by atoms with Crippen LogP contribution in [0.4, 0.5) is 10.5 Å². The summed E-state index contributed by atoms with van der Waals surface area (Å²) in [5, 5.41) is 10.5. The number of H-pyrrole nitrogens is 1. The standard InChI is InChI=1S/C10H12N4O/c1-14(2)10(15)12-8-5-3-4-7-6-11-13-9(7)8/h3-6H,1-2H3,(H,11,13)(H,12,15). The lowest BCUT2D eigenvalue weighted by Gasteiger charge is -2.12. The number of fused-ring (bicyclic) bond motifs is 1. The number of aromatic amines is 1. The minimum absolute atomic E-state index is 0.155. The molecule has 0 aliphatic rings. The molecule has 5 heteroatoms. The van der Waals surface area contributed by atoms with Crippen LogP contribution >= 0.6 is 0 Å². The van der Waals surface area contributed by atoms with E-state index in [-0.39, 0.29) is 6.03 Å². The zero-order valence-corrected chi connectivity index (χ0v) is 8.61. The summed E-state index contributed by atoms with van der Waals surface area (Å²) in [6.45, 7) is 0. The fourth-order valence-corrected chi connectivity index (χ4v) is 1.30. The van der Waals surface area contributed by atoms with E-state index in [2.05, 4.69) is 15.5 Å². The summed E-state index contributed by atoms with van der Waals surface area (Å²) in [4.78, 5) is 12.9. The van der Waals surface area contributed by atoms with Crippen LogP contribution in [-0.2, 0) is 0 Å². The Balaban J connectivity index is 2.35. The molecule has 0 bridgehead atoms. The molecule has 2 rings (SSSR count). The van der Waals surface area contributed by atoms with E-state index >= 15 is 0 Å². The molecule has 2 aromatic rings. The second-order valence-electron chi connectivity index (χ2n) is 3.46. The average Bonchev–Trinajstić information content (AvgIpc) is 2.66. The maximum absolute atomic E-state index is 11.5. The minimum Gasteiger partial charge on any atom is -0.331 e. The summed E-state index contributed by atoms with van der Waals surface area (Å²) in [6.07, 6.45) is 1.72. The quantitative estimate of drug-likeness (QED) is 0.742. The molecule has 0 spiro atoms. The van der Waals surface area contributed by atoms with E-state index in [4.69, 9.17) is 0 Å². The van der Waals surface area contributed by atoms with Gasteiger partial charge in [-0.1, -0.05) is 12.1 Å². The molecule has 1 aromatic heterocycles. The van der Waals surface area contributed by atoms with Gasteiger partial charge in [0.1, 0.15) is 0 Å². The van der Waals surface area contributed by atoms with Gasteiger partial charge in [0.05, 0.1) is 17.4 Å². The molecule has 0 aliphatic carbocycles. The first-order valence-electron chi connectivity index (χ1n) is 4.59. The molecule has 78 valence electrons. The number of aromatic nitrogens is 2. The van der Waals surface area contributed by atoms with E-state index < -0.39 is 0 Å². The van der Waals surface area contributed by atoms with Crippen molar-refractivity contribution >= 4 is 22.6 Å². The van der Waals surface area contributed by atoms with Crippen LogP contribution in [0.2, 0.25) is 0 Å². The molecule has 1 aromatic carbocycles. The third-order valence-corrected chi connectivity index (χ3v) is 2.12. The molecule has 0 fully saturated rings. The summed E-state index contributed by atoms with van der Waals surface area (Å²) in [6, 6.07) is 5.49. The molecular formula is C10H12N4O. The summed E-state index contributed by atoms with van der Waals surface area (Å²) in [5.41, 5.74) is 1.58. The number of nitrogens with one attached hydrogen (secondary N) is 2. The van der Waals surface area contributed by atoms with Crippen molar-refractivity contribution in [3.8, 4) is 0 Å². The maximum Gasteiger partial charge on any atom is 0.321 e. The first-order valence-corrected chi connectivity index (χ1v) is 4.59. The molecule has 0 unspecified atom stereocenters. The van der Waals surface area contributed by atoms with Crippen LogP contribution in [0.25, 0.3) is 10.9 Å². The number of benzene rings is 1. The predicted octanol–water partition coefficient (Wildman–Crippen LogP) is 1.66. The highest BCUT2D eigenvalue weighted by Crippen LogP contribution is 2.20. The fraction of sp³-hybridized carbons (Fsp3) is 0.200. The number of carbonyl (C=O) groups excluding carboxylic acids is 1. The molecule has 2 N–H and O–H groups in total. The van der Waals surface area contributed by atoms with Crippen molar-refractivity contribution < 1.29 is 4.79 Å². The van der Waals surface area contributed by atoms with Gasteiger partial charge in [-0.2, -0.15) is 5.10 Å². The van der Waals surface area contributed by atoms with Crippen LogP contribution in [0, 0.1) is 0 Å². The van der Waals surface area contributed by atoms with Gasteiger partial charge in [-0.15, -0.1) is 0 Å². The Morgan fingerprint density at radius 1 is 1.47 bits per heavy atom. The number of para-hydroxylation sites is 1. The Hall–Kier alpha value is -2.04. The summed E-state index contributed by atoms with van der Waals surface area (Å²) in [5.74, 6) is 0. The van der Waals surface area contributed by atoms with Crippen molar-refractivity contribution in [3.05, 3.63) is 24.4 Å². The van der Waals surface area contributed by atoms with Gasteiger partial charge in [0.15, 0.2) is 0 Å². The molecule has 0 atom stereocenters. The van der Waals surface area contributed by atoms with Gasteiger partial charge in [0.2, 0.25) is 0 Å². The first kappa shape index (κ1) is 9.51. The number of rotatable bonds is 1. The highest BCUT2D eigenvalue weighted by molar-refractivity contribution is 5.99. The molecule has 0 saturated carbocycles. The van der Waals surface area contributed by atoms with E-state index in [0.29, 0.717) is 0 Å². The van der Waals surface area contributed by atoms with Crippen molar-refractivity contribution in [1.29, 1.82) is 0 Å². The number of nitrogens with zero attached hydrogens (tertiary/aromatic N) is 2. The van der Waals surface area contributed by atoms with Crippen LogP contribution in [0.1, 0.15) is 0 Å². The van der Waals surface area contributed by atoms with Crippen molar-refractivity contribution in [1.82, 2.24) is 15.1 Å². The van der Waals surface area contributed by atoms with Gasteiger partial charge in [-0.05, 0) is 6.07 Å². The Morgan fingerprint density at radius 3 is 3.00 bits per heavy atom. The number of hydrogen-bond acceptors (Lipinski definition) is 2. The SMILES string of the molecule is CN(C)C(=O)Nc1cccc2cn[nH]c12. The Kier molecular flexibility index (Phi) is 2.29. The predicted molar refractivity (Wildman–Crippen MR) is 58.8 cm³/mol. The number of anilines is 1. The van der Waals surface area contributed by atoms with Crippen molar-refractivity contribution in [3.63, 3.8) is 0 Å². The van der Waals surface area contributed by atoms with Gasteiger partial charge in [-0.25, -0.2) is 4.79 Å². The topological polar surface area (TPSA) is 61.0 Å². The van der Waals surface area contributed by atoms with Crippen LogP contribution in [0.5, 0.6) is 0 Å². The van der Waals surface area contributed by atoms with Crippen LogP contribution < -0.4 is 5.32 Å². The second kappa shape index (κ2) is 3.61. The summed E-state index contributed by atoms with van der Waals surface area (Å²) < 4.78 is 0. The molecule has 0 saturated heterocycles. The van der Waals surface area contributed by atoms with E-state index in [0.717, 1.165) is 16.6 Å². The van der Waals surface area contributed by atoms with Gasteiger partial charge in [0, 0.05) is 19.5 Å². The molecule has 15 heavy (non-hydrogen) atoms.